The summed E-state index contributed by atoms with van der Waals surface area (Å²) in [4.78, 5) is 12.7. The fourth-order valence-electron chi connectivity index (χ4n) is 3.03. The predicted molar refractivity (Wildman–Crippen MR) is 101 cm³/mol. The van der Waals surface area contributed by atoms with Gasteiger partial charge < -0.3 is 0 Å². The molecular weight excluding hydrogens is 387 g/mol. The zero-order valence-electron chi connectivity index (χ0n) is 14.3. The monoisotopic (exact) mass is 411 g/mol. The molecule has 0 amide bonds. The minimum absolute atomic E-state index is 0.0740. The summed E-state index contributed by atoms with van der Waals surface area (Å²) in [5, 5.41) is 9.08. The average Bonchev–Trinajstić information content (AvgIpc) is 2.53. The molecular formula is C18H23N2O2SSe. The zero-order valence-corrected chi connectivity index (χ0v) is 16.9. The molecule has 1 N–H and O–H groups in total. The van der Waals surface area contributed by atoms with Gasteiger partial charge in [-0.15, -0.1) is 0 Å². The van der Waals surface area contributed by atoms with Crippen molar-refractivity contribution in [2.45, 2.75) is 46.6 Å². The average molecular weight is 410 g/mol. The summed E-state index contributed by atoms with van der Waals surface area (Å²) in [6.07, 6.45) is 2.16. The number of nitrogens with zero attached hydrogens (tertiary/aromatic N) is 2. The third-order valence-corrected chi connectivity index (χ3v) is 5.42. The van der Waals surface area contributed by atoms with Crippen molar-refractivity contribution in [3.05, 3.63) is 50.0 Å². The second-order valence-electron chi connectivity index (χ2n) is 6.02. The summed E-state index contributed by atoms with van der Waals surface area (Å²) in [6, 6.07) is 6.32. The number of aliphatic hydroxyl groups excluding tert-OH is 1. The van der Waals surface area contributed by atoms with Gasteiger partial charge in [0.1, 0.15) is 0 Å². The van der Waals surface area contributed by atoms with Crippen molar-refractivity contribution < 1.29 is 5.11 Å². The van der Waals surface area contributed by atoms with Gasteiger partial charge in [-0.2, -0.15) is 0 Å². The van der Waals surface area contributed by atoms with Crippen LogP contribution in [0.15, 0.2) is 23.0 Å². The van der Waals surface area contributed by atoms with Gasteiger partial charge in [0.15, 0.2) is 0 Å². The Morgan fingerprint density at radius 2 is 1.79 bits per heavy atom. The Kier molecular flexibility index (Phi) is 6.58. The molecule has 0 aliphatic heterocycles. The first kappa shape index (κ1) is 19.1. The Bertz CT molecular complexity index is 835. The summed E-state index contributed by atoms with van der Waals surface area (Å²) in [7, 11) is 0. The summed E-state index contributed by atoms with van der Waals surface area (Å²) in [5.74, 6) is 0. The van der Waals surface area contributed by atoms with Crippen molar-refractivity contribution in [1.82, 2.24) is 8.15 Å². The number of unbranched alkanes of at least 4 members (excludes halogenated alkanes) is 1. The number of benzene rings is 1. The molecule has 0 aliphatic carbocycles. The maximum atomic E-state index is 12.7. The van der Waals surface area contributed by atoms with E-state index in [9.17, 15) is 4.79 Å². The molecule has 2 aromatic rings. The third-order valence-electron chi connectivity index (χ3n) is 4.04. The zero-order chi connectivity index (χ0) is 17.9. The molecule has 0 saturated carbocycles. The molecule has 0 bridgehead atoms. The molecule has 2 rings (SSSR count). The van der Waals surface area contributed by atoms with Gasteiger partial charge in [-0.1, -0.05) is 0 Å². The van der Waals surface area contributed by atoms with Gasteiger partial charge in [0.05, 0.1) is 0 Å². The number of hydrogen-bond donors (Lipinski definition) is 1. The fraction of sp³-hybridized carbons (Fsp3) is 0.444. The molecule has 1 heterocycles. The van der Waals surface area contributed by atoms with Crippen LogP contribution in [0.25, 0.3) is 11.3 Å². The topological polar surface area (TPSA) is 47.2 Å². The molecule has 0 saturated heterocycles. The van der Waals surface area contributed by atoms with Crippen LogP contribution in [0.3, 0.4) is 0 Å². The van der Waals surface area contributed by atoms with Gasteiger partial charge in [-0.05, 0) is 0 Å². The van der Waals surface area contributed by atoms with Gasteiger partial charge in [-0.3, -0.25) is 0 Å². The summed E-state index contributed by atoms with van der Waals surface area (Å²) >= 11 is 8.30. The van der Waals surface area contributed by atoms with Crippen molar-refractivity contribution in [3.8, 4) is 11.3 Å². The first-order valence-electron chi connectivity index (χ1n) is 8.16. The number of aryl methyl sites for hydroxylation is 2. The van der Waals surface area contributed by atoms with Crippen LogP contribution in [0.4, 0.5) is 0 Å². The number of aromatic nitrogens is 2. The van der Waals surface area contributed by atoms with Crippen LogP contribution in [0.1, 0.15) is 36.5 Å². The van der Waals surface area contributed by atoms with Crippen molar-refractivity contribution in [2.75, 3.05) is 6.61 Å². The van der Waals surface area contributed by atoms with Crippen LogP contribution in [-0.4, -0.2) is 36.1 Å². The van der Waals surface area contributed by atoms with E-state index in [-0.39, 0.29) is 12.2 Å². The van der Waals surface area contributed by atoms with Gasteiger partial charge in [0, 0.05) is 0 Å². The van der Waals surface area contributed by atoms with Crippen molar-refractivity contribution >= 4 is 28.4 Å². The number of rotatable bonds is 6. The van der Waals surface area contributed by atoms with E-state index >= 15 is 0 Å². The Labute approximate surface area is 156 Å². The van der Waals surface area contributed by atoms with E-state index in [1.807, 2.05) is 11.5 Å². The summed E-state index contributed by atoms with van der Waals surface area (Å²) < 4.78 is 3.93. The molecule has 0 aliphatic rings. The molecule has 1 aromatic heterocycles. The Hall–Kier alpha value is -1.20. The molecule has 24 heavy (non-hydrogen) atoms. The van der Waals surface area contributed by atoms with Crippen LogP contribution in [-0.2, 0) is 13.0 Å². The Morgan fingerprint density at radius 3 is 2.33 bits per heavy atom. The fourth-order valence-corrected chi connectivity index (χ4v) is 3.73. The molecule has 4 nitrogen and oxygen atoms in total. The summed E-state index contributed by atoms with van der Waals surface area (Å²) in [6.45, 7) is 6.94. The van der Waals surface area contributed by atoms with Gasteiger partial charge in [0.25, 0.3) is 0 Å². The van der Waals surface area contributed by atoms with E-state index in [1.54, 1.807) is 0 Å². The van der Waals surface area contributed by atoms with Crippen molar-refractivity contribution in [3.63, 3.8) is 0 Å². The van der Waals surface area contributed by atoms with Crippen LogP contribution < -0.4 is 5.56 Å². The molecule has 6 heteroatoms. The van der Waals surface area contributed by atoms with E-state index in [0.717, 1.165) is 34.4 Å². The molecule has 1 radical (unpaired) electrons. The van der Waals surface area contributed by atoms with Gasteiger partial charge in [0.2, 0.25) is 0 Å². The second-order valence-corrected chi connectivity index (χ2v) is 7.15. The maximum absolute atomic E-state index is 12.7. The number of aliphatic hydroxyl groups is 1. The molecule has 0 spiro atoms. The first-order chi connectivity index (χ1) is 11.4. The van der Waals surface area contributed by atoms with Crippen molar-refractivity contribution in [1.29, 1.82) is 0 Å². The van der Waals surface area contributed by atoms with Gasteiger partial charge in [-0.25, -0.2) is 0 Å². The normalized spacial score (nSPS) is 11.0. The van der Waals surface area contributed by atoms with E-state index in [2.05, 4.69) is 48.3 Å². The minimum atomic E-state index is -0.0740. The van der Waals surface area contributed by atoms with Gasteiger partial charge >= 0.3 is 156 Å². The van der Waals surface area contributed by atoms with E-state index in [1.165, 1.54) is 3.58 Å². The van der Waals surface area contributed by atoms with Crippen LogP contribution in [0.5, 0.6) is 0 Å². The quantitative estimate of drug-likeness (QED) is 0.453. The molecule has 129 valence electrons. The molecule has 1 aromatic carbocycles. The van der Waals surface area contributed by atoms with Crippen LogP contribution >= 0.6 is 12.2 Å². The Morgan fingerprint density at radius 1 is 1.17 bits per heavy atom. The van der Waals surface area contributed by atoms with Crippen LogP contribution in [0.2, 0.25) is 0 Å². The molecule has 0 unspecified atom stereocenters. The van der Waals surface area contributed by atoms with Crippen LogP contribution in [0, 0.1) is 18.6 Å². The standard InChI is InChI=1S/C18H23N2O2SSe/c1-4-15-16(14-10-12(2)9-13(3)11-14)19(7-5-6-8-21)18(23)20(24)17(15)22/h9-11,21H,4-8H2,1-3H3. The molecule has 0 fully saturated rings. The second kappa shape index (κ2) is 8.26. The number of hydrogen-bond acceptors (Lipinski definition) is 3. The van der Waals surface area contributed by atoms with E-state index in [4.69, 9.17) is 17.3 Å². The SMILES string of the molecule is CCc1c(-c2cc(C)cc(C)c2)n(CCCCO)c(=S)n([Se])c1=O. The third kappa shape index (κ3) is 3.89. The first-order valence-corrected chi connectivity index (χ1v) is 9.33. The molecule has 0 atom stereocenters. The summed E-state index contributed by atoms with van der Waals surface area (Å²) in [5.41, 5.74) is 4.94. The van der Waals surface area contributed by atoms with E-state index < -0.39 is 0 Å². The Balaban J connectivity index is 2.79. The van der Waals surface area contributed by atoms with Crippen molar-refractivity contribution in [2.24, 2.45) is 0 Å². The van der Waals surface area contributed by atoms with E-state index in [0.29, 0.717) is 24.2 Å². The predicted octanol–water partition coefficient (Wildman–Crippen LogP) is 2.93.